The summed E-state index contributed by atoms with van der Waals surface area (Å²) < 4.78 is 1.52. The van der Waals surface area contributed by atoms with E-state index in [2.05, 4.69) is 0 Å². The highest BCUT2D eigenvalue weighted by Crippen LogP contribution is 2.23. The number of pyridine rings is 1. The topological polar surface area (TPSA) is 71.3 Å². The molecule has 2 N–H and O–H groups in total. The first-order valence-corrected chi connectivity index (χ1v) is 7.77. The third-order valence-electron chi connectivity index (χ3n) is 3.68. The van der Waals surface area contributed by atoms with Gasteiger partial charge in [0.25, 0.3) is 11.5 Å². The van der Waals surface area contributed by atoms with Crippen LogP contribution in [0, 0.1) is 0 Å². The van der Waals surface area contributed by atoms with Crippen LogP contribution >= 0.6 is 23.2 Å². The van der Waals surface area contributed by atoms with Crippen LogP contribution in [-0.2, 0) is 6.54 Å². The maximum absolute atomic E-state index is 12.7. The lowest BCUT2D eigenvalue weighted by atomic mass is 10.1. The second-order valence-corrected chi connectivity index (χ2v) is 6.05. The van der Waals surface area contributed by atoms with Crippen molar-refractivity contribution in [1.82, 2.24) is 10.0 Å². The number of halogens is 2. The van der Waals surface area contributed by atoms with Gasteiger partial charge in [0.1, 0.15) is 0 Å². The van der Waals surface area contributed by atoms with Crippen molar-refractivity contribution in [2.75, 3.05) is 0 Å². The summed E-state index contributed by atoms with van der Waals surface area (Å²) in [5.41, 5.74) is 2.34. The molecule has 0 atom stereocenters. The van der Waals surface area contributed by atoms with E-state index in [4.69, 9.17) is 28.4 Å². The first-order valence-electron chi connectivity index (χ1n) is 7.01. The number of benzene rings is 2. The van der Waals surface area contributed by atoms with Gasteiger partial charge in [-0.3, -0.25) is 14.8 Å². The summed E-state index contributed by atoms with van der Waals surface area (Å²) in [6.45, 7) is 0.322. The van der Waals surface area contributed by atoms with Crippen LogP contribution in [0.3, 0.4) is 0 Å². The van der Waals surface area contributed by atoms with Gasteiger partial charge in [-0.05, 0) is 41.3 Å². The maximum atomic E-state index is 12.7. The number of amides is 1. The molecule has 2 aromatic carbocycles. The first kappa shape index (κ1) is 16.5. The zero-order chi connectivity index (χ0) is 17.3. The fraction of sp³-hybridized carbons (Fsp3) is 0.0588. The molecule has 0 aliphatic heterocycles. The van der Waals surface area contributed by atoms with Crippen molar-refractivity contribution in [3.05, 3.63) is 80.2 Å². The Morgan fingerprint density at radius 1 is 1.08 bits per heavy atom. The molecule has 0 bridgehead atoms. The lowest BCUT2D eigenvalue weighted by Gasteiger charge is -2.09. The van der Waals surface area contributed by atoms with Crippen molar-refractivity contribution in [2.45, 2.75) is 6.54 Å². The van der Waals surface area contributed by atoms with E-state index in [1.54, 1.807) is 42.0 Å². The van der Waals surface area contributed by atoms with E-state index < -0.39 is 5.91 Å². The fourth-order valence-corrected chi connectivity index (χ4v) is 2.77. The highest BCUT2D eigenvalue weighted by molar-refractivity contribution is 6.42. The summed E-state index contributed by atoms with van der Waals surface area (Å²) in [4.78, 5) is 24.2. The molecule has 24 heavy (non-hydrogen) atoms. The molecule has 0 spiro atoms. The maximum Gasteiger partial charge on any atom is 0.274 e. The predicted octanol–water partition coefficient (Wildman–Crippen LogP) is 3.48. The number of carbonyl (C=O) groups excluding carboxylic acids is 1. The summed E-state index contributed by atoms with van der Waals surface area (Å²) in [7, 11) is 0. The van der Waals surface area contributed by atoms with Gasteiger partial charge < -0.3 is 4.57 Å². The Bertz CT molecular complexity index is 999. The molecular formula is C17H12Cl2N2O3. The average Bonchev–Trinajstić information content (AvgIpc) is 2.59. The van der Waals surface area contributed by atoms with Gasteiger partial charge >= 0.3 is 0 Å². The van der Waals surface area contributed by atoms with Gasteiger partial charge in [-0.1, -0.05) is 35.3 Å². The zero-order valence-electron chi connectivity index (χ0n) is 12.3. The Morgan fingerprint density at radius 3 is 2.58 bits per heavy atom. The van der Waals surface area contributed by atoms with E-state index in [-0.39, 0.29) is 11.1 Å². The van der Waals surface area contributed by atoms with Crippen molar-refractivity contribution in [2.24, 2.45) is 0 Å². The number of carbonyl (C=O) groups is 1. The SMILES string of the molecule is O=C(NO)c1ccc2ccn(Cc3ccc(Cl)c(Cl)c3)c(=O)c2c1. The van der Waals surface area contributed by atoms with Crippen molar-refractivity contribution in [1.29, 1.82) is 0 Å². The van der Waals surface area contributed by atoms with E-state index in [0.717, 1.165) is 5.56 Å². The highest BCUT2D eigenvalue weighted by atomic mass is 35.5. The van der Waals surface area contributed by atoms with Crippen molar-refractivity contribution < 1.29 is 10.0 Å². The monoisotopic (exact) mass is 362 g/mol. The molecule has 3 rings (SSSR count). The number of aromatic nitrogens is 1. The Balaban J connectivity index is 2.05. The lowest BCUT2D eigenvalue weighted by Crippen LogP contribution is -2.22. The first-order chi connectivity index (χ1) is 11.5. The third kappa shape index (κ3) is 3.14. The Morgan fingerprint density at radius 2 is 1.88 bits per heavy atom. The van der Waals surface area contributed by atoms with Gasteiger partial charge in [0.05, 0.1) is 16.6 Å². The molecule has 7 heteroatoms. The molecule has 0 unspecified atom stereocenters. The van der Waals surface area contributed by atoms with Crippen molar-refractivity contribution in [3.8, 4) is 0 Å². The van der Waals surface area contributed by atoms with Crippen LogP contribution in [0.5, 0.6) is 0 Å². The predicted molar refractivity (Wildman–Crippen MR) is 93.0 cm³/mol. The van der Waals surface area contributed by atoms with Gasteiger partial charge in [-0.15, -0.1) is 0 Å². The Labute approximate surface area is 147 Å². The summed E-state index contributed by atoms with van der Waals surface area (Å²) in [6, 6.07) is 11.6. The molecule has 0 radical (unpaired) electrons. The minimum Gasteiger partial charge on any atom is -0.311 e. The molecule has 0 saturated carbocycles. The van der Waals surface area contributed by atoms with Gasteiger partial charge in [-0.25, -0.2) is 5.48 Å². The van der Waals surface area contributed by atoms with E-state index in [1.165, 1.54) is 16.7 Å². The molecule has 0 aliphatic rings. The van der Waals surface area contributed by atoms with Crippen LogP contribution in [0.25, 0.3) is 10.8 Å². The second-order valence-electron chi connectivity index (χ2n) is 5.24. The molecule has 5 nitrogen and oxygen atoms in total. The number of nitrogens with one attached hydrogen (secondary N) is 1. The quantitative estimate of drug-likeness (QED) is 0.553. The van der Waals surface area contributed by atoms with Crippen LogP contribution in [0.15, 0.2) is 53.5 Å². The molecule has 1 aromatic heterocycles. The van der Waals surface area contributed by atoms with Gasteiger partial charge in [0, 0.05) is 17.1 Å². The highest BCUT2D eigenvalue weighted by Gasteiger charge is 2.09. The zero-order valence-corrected chi connectivity index (χ0v) is 13.8. The normalized spacial score (nSPS) is 10.8. The van der Waals surface area contributed by atoms with E-state index >= 15 is 0 Å². The molecule has 1 heterocycles. The van der Waals surface area contributed by atoms with Crippen molar-refractivity contribution in [3.63, 3.8) is 0 Å². The van der Waals surface area contributed by atoms with Gasteiger partial charge in [0.2, 0.25) is 0 Å². The number of hydroxylamine groups is 1. The number of fused-ring (bicyclic) bond motifs is 1. The molecule has 0 fully saturated rings. The molecule has 0 aliphatic carbocycles. The Kier molecular flexibility index (Phi) is 4.57. The molecule has 0 saturated heterocycles. The van der Waals surface area contributed by atoms with Crippen LogP contribution < -0.4 is 11.0 Å². The fourth-order valence-electron chi connectivity index (χ4n) is 2.44. The van der Waals surface area contributed by atoms with Crippen molar-refractivity contribution >= 4 is 39.9 Å². The molecule has 3 aromatic rings. The smallest absolute Gasteiger partial charge is 0.274 e. The number of hydrogen-bond acceptors (Lipinski definition) is 3. The lowest BCUT2D eigenvalue weighted by molar-refractivity contribution is 0.0706. The number of nitrogens with zero attached hydrogens (tertiary/aromatic N) is 1. The number of rotatable bonds is 3. The van der Waals surface area contributed by atoms with Crippen LogP contribution in [-0.4, -0.2) is 15.7 Å². The van der Waals surface area contributed by atoms with Gasteiger partial charge in [0.15, 0.2) is 0 Å². The number of hydrogen-bond donors (Lipinski definition) is 2. The molecule has 1 amide bonds. The molecular weight excluding hydrogens is 351 g/mol. The summed E-state index contributed by atoms with van der Waals surface area (Å²) >= 11 is 11.9. The minimum atomic E-state index is -0.670. The average molecular weight is 363 g/mol. The van der Waals surface area contributed by atoms with Crippen LogP contribution in [0.2, 0.25) is 10.0 Å². The molecule has 122 valence electrons. The van der Waals surface area contributed by atoms with E-state index in [0.29, 0.717) is 27.4 Å². The minimum absolute atomic E-state index is 0.203. The van der Waals surface area contributed by atoms with Crippen LogP contribution in [0.1, 0.15) is 15.9 Å². The van der Waals surface area contributed by atoms with Crippen LogP contribution in [0.4, 0.5) is 0 Å². The van der Waals surface area contributed by atoms with E-state index in [9.17, 15) is 9.59 Å². The Hall–Kier alpha value is -2.34. The summed E-state index contributed by atoms with van der Waals surface area (Å²) in [5.74, 6) is -0.670. The third-order valence-corrected chi connectivity index (χ3v) is 4.42. The van der Waals surface area contributed by atoms with E-state index in [1.807, 2.05) is 0 Å². The standard InChI is InChI=1S/C17H12Cl2N2O3/c18-14-4-1-10(7-15(14)19)9-21-6-5-11-2-3-12(16(22)20-24)8-13(11)17(21)23/h1-8,24H,9H2,(H,20,22). The van der Waals surface area contributed by atoms with Gasteiger partial charge in [-0.2, -0.15) is 0 Å². The summed E-state index contributed by atoms with van der Waals surface area (Å²) in [6.07, 6.45) is 1.68. The summed E-state index contributed by atoms with van der Waals surface area (Å²) in [5, 5.41) is 10.7. The second kappa shape index (κ2) is 6.65. The largest absolute Gasteiger partial charge is 0.311 e.